The first-order chi connectivity index (χ1) is 12.6. The van der Waals surface area contributed by atoms with Gasteiger partial charge in [0.05, 0.1) is 16.8 Å². The topological polar surface area (TPSA) is 101 Å². The third kappa shape index (κ3) is 4.59. The van der Waals surface area contributed by atoms with E-state index in [1.54, 1.807) is 12.3 Å². The van der Waals surface area contributed by atoms with Crippen molar-refractivity contribution in [3.05, 3.63) is 46.8 Å². The van der Waals surface area contributed by atoms with Crippen molar-refractivity contribution in [3.63, 3.8) is 0 Å². The summed E-state index contributed by atoms with van der Waals surface area (Å²) < 4.78 is 0. The van der Waals surface area contributed by atoms with Gasteiger partial charge in [-0.15, -0.1) is 0 Å². The maximum Gasteiger partial charge on any atom is 0.287 e. The zero-order valence-corrected chi connectivity index (χ0v) is 14.8. The molecule has 0 spiro atoms. The van der Waals surface area contributed by atoms with Gasteiger partial charge in [0.2, 0.25) is 0 Å². The molecule has 0 saturated carbocycles. The van der Waals surface area contributed by atoms with Crippen LogP contribution in [0.2, 0.25) is 0 Å². The van der Waals surface area contributed by atoms with E-state index in [2.05, 4.69) is 19.8 Å². The molecule has 0 unspecified atom stereocenters. The number of anilines is 3. The lowest BCUT2D eigenvalue weighted by Gasteiger charge is -2.15. The summed E-state index contributed by atoms with van der Waals surface area (Å²) in [6.07, 6.45) is 7.96. The fourth-order valence-corrected chi connectivity index (χ4v) is 3.15. The molecule has 0 aliphatic carbocycles. The molecule has 0 aromatic carbocycles. The molecular weight excluding hydrogens is 332 g/mol. The Labute approximate surface area is 152 Å². The third-order valence-corrected chi connectivity index (χ3v) is 4.57. The van der Waals surface area contributed by atoms with Gasteiger partial charge in [-0.2, -0.15) is 0 Å². The monoisotopic (exact) mass is 356 g/mol. The van der Waals surface area contributed by atoms with Crippen LogP contribution in [-0.4, -0.2) is 41.1 Å². The number of aromatic nitrogens is 2. The van der Waals surface area contributed by atoms with Crippen molar-refractivity contribution in [3.8, 4) is 0 Å². The van der Waals surface area contributed by atoms with Crippen LogP contribution in [0.15, 0.2) is 36.7 Å². The second-order valence-electron chi connectivity index (χ2n) is 6.47. The highest BCUT2D eigenvalue weighted by Crippen LogP contribution is 2.20. The number of hydrogen-bond donors (Lipinski definition) is 1. The molecule has 0 amide bonds. The molecule has 138 valence electrons. The lowest BCUT2D eigenvalue weighted by Crippen LogP contribution is -2.18. The van der Waals surface area contributed by atoms with Crippen LogP contribution in [-0.2, 0) is 0 Å². The first-order valence-electron chi connectivity index (χ1n) is 8.95. The highest BCUT2D eigenvalue weighted by Gasteiger charge is 2.14. The molecule has 2 aliphatic heterocycles. The van der Waals surface area contributed by atoms with Crippen molar-refractivity contribution in [2.45, 2.75) is 25.7 Å². The molecule has 2 N–H and O–H groups in total. The van der Waals surface area contributed by atoms with Gasteiger partial charge in [0, 0.05) is 32.2 Å². The van der Waals surface area contributed by atoms with E-state index in [1.165, 1.54) is 37.9 Å². The third-order valence-electron chi connectivity index (χ3n) is 4.57. The zero-order valence-electron chi connectivity index (χ0n) is 14.8. The van der Waals surface area contributed by atoms with E-state index in [9.17, 15) is 10.1 Å². The average molecular weight is 356 g/mol. The van der Waals surface area contributed by atoms with Crippen LogP contribution in [0.25, 0.3) is 0 Å². The van der Waals surface area contributed by atoms with Gasteiger partial charge in [-0.05, 0) is 43.9 Å². The molecule has 2 aromatic heterocycles. The van der Waals surface area contributed by atoms with E-state index in [0.717, 1.165) is 43.5 Å². The van der Waals surface area contributed by atoms with Crippen molar-refractivity contribution >= 4 is 23.0 Å². The predicted octanol–water partition coefficient (Wildman–Crippen LogP) is 2.85. The normalized spacial score (nSPS) is 16.3. The minimum Gasteiger partial charge on any atom is -0.397 e. The summed E-state index contributed by atoms with van der Waals surface area (Å²) in [6, 6.07) is 7.10. The predicted molar refractivity (Wildman–Crippen MR) is 102 cm³/mol. The second-order valence-corrected chi connectivity index (χ2v) is 6.47. The van der Waals surface area contributed by atoms with Gasteiger partial charge < -0.3 is 15.5 Å². The first kappa shape index (κ1) is 17.9. The highest BCUT2D eigenvalue weighted by atomic mass is 16.6. The van der Waals surface area contributed by atoms with Gasteiger partial charge >= 0.3 is 0 Å². The Morgan fingerprint density at radius 2 is 1.35 bits per heavy atom. The fraction of sp³-hybridized carbons (Fsp3) is 0.444. The smallest absolute Gasteiger partial charge is 0.287 e. The van der Waals surface area contributed by atoms with Crippen molar-refractivity contribution in [2.75, 3.05) is 41.7 Å². The summed E-state index contributed by atoms with van der Waals surface area (Å²) >= 11 is 0. The lowest BCUT2D eigenvalue weighted by molar-refractivity contribution is -0.385. The molecule has 2 saturated heterocycles. The van der Waals surface area contributed by atoms with Gasteiger partial charge in [-0.1, -0.05) is 0 Å². The Morgan fingerprint density at radius 3 is 1.73 bits per heavy atom. The summed E-state index contributed by atoms with van der Waals surface area (Å²) in [5.74, 6) is 1.90. The number of nitrogens with two attached hydrogens (primary N) is 1. The van der Waals surface area contributed by atoms with Crippen LogP contribution in [0.4, 0.5) is 23.0 Å². The minimum atomic E-state index is -0.430. The maximum atomic E-state index is 10.4. The Hall–Kier alpha value is -2.90. The summed E-state index contributed by atoms with van der Waals surface area (Å²) in [4.78, 5) is 22.7. The SMILES string of the molecule is Nc1ccc(N2CCCC2)nc1.O=[N+]([O-])c1ccc(N2CCCC2)nc1. The van der Waals surface area contributed by atoms with Crippen LogP contribution < -0.4 is 15.5 Å². The van der Waals surface area contributed by atoms with Gasteiger partial charge in [0.15, 0.2) is 0 Å². The fourth-order valence-electron chi connectivity index (χ4n) is 3.15. The minimum absolute atomic E-state index is 0.0490. The summed E-state index contributed by atoms with van der Waals surface area (Å²) in [6.45, 7) is 4.28. The van der Waals surface area contributed by atoms with Crippen molar-refractivity contribution in [1.29, 1.82) is 0 Å². The van der Waals surface area contributed by atoms with Crippen LogP contribution >= 0.6 is 0 Å². The van der Waals surface area contributed by atoms with Crippen LogP contribution in [0.1, 0.15) is 25.7 Å². The second kappa shape index (κ2) is 8.46. The molecule has 4 heterocycles. The molecule has 0 atom stereocenters. The Morgan fingerprint density at radius 1 is 0.846 bits per heavy atom. The van der Waals surface area contributed by atoms with Gasteiger partial charge in [0.1, 0.15) is 17.8 Å². The number of pyridine rings is 2. The van der Waals surface area contributed by atoms with E-state index in [-0.39, 0.29) is 5.69 Å². The Bertz CT molecular complexity index is 707. The quantitative estimate of drug-likeness (QED) is 0.666. The van der Waals surface area contributed by atoms with Crippen molar-refractivity contribution < 1.29 is 4.92 Å². The molecular formula is C18H24N6O2. The molecule has 2 aromatic rings. The molecule has 0 radical (unpaired) electrons. The van der Waals surface area contributed by atoms with Crippen LogP contribution in [0, 0.1) is 10.1 Å². The maximum absolute atomic E-state index is 10.4. The molecule has 0 bridgehead atoms. The van der Waals surface area contributed by atoms with E-state index in [1.807, 2.05) is 12.1 Å². The molecule has 26 heavy (non-hydrogen) atoms. The first-order valence-corrected chi connectivity index (χ1v) is 8.95. The molecule has 2 fully saturated rings. The van der Waals surface area contributed by atoms with Crippen LogP contribution in [0.5, 0.6) is 0 Å². The molecule has 2 aliphatic rings. The number of nitrogen functional groups attached to an aromatic ring is 1. The van der Waals surface area contributed by atoms with Gasteiger partial charge in [-0.3, -0.25) is 10.1 Å². The number of nitro groups is 1. The van der Waals surface area contributed by atoms with Crippen molar-refractivity contribution in [1.82, 2.24) is 9.97 Å². The van der Waals surface area contributed by atoms with E-state index in [4.69, 9.17) is 5.73 Å². The van der Waals surface area contributed by atoms with Gasteiger partial charge in [0.25, 0.3) is 5.69 Å². The summed E-state index contributed by atoms with van der Waals surface area (Å²) in [5, 5.41) is 10.4. The largest absolute Gasteiger partial charge is 0.397 e. The average Bonchev–Trinajstić information content (AvgIpc) is 3.37. The Kier molecular flexibility index (Phi) is 5.83. The van der Waals surface area contributed by atoms with E-state index >= 15 is 0 Å². The number of nitrogens with zero attached hydrogens (tertiary/aromatic N) is 5. The lowest BCUT2D eigenvalue weighted by atomic mass is 10.4. The van der Waals surface area contributed by atoms with E-state index < -0.39 is 4.92 Å². The molecule has 8 heteroatoms. The van der Waals surface area contributed by atoms with Crippen LogP contribution in [0.3, 0.4) is 0 Å². The number of hydrogen-bond acceptors (Lipinski definition) is 7. The molecule has 8 nitrogen and oxygen atoms in total. The summed E-state index contributed by atoms with van der Waals surface area (Å²) in [7, 11) is 0. The highest BCUT2D eigenvalue weighted by molar-refractivity contribution is 5.46. The standard InChI is InChI=1S/C9H11N3O2.C9H13N3/c13-12(14)8-3-4-9(10-7-8)11-5-1-2-6-11;10-8-3-4-9(11-7-8)12-5-1-2-6-12/h3-4,7H,1-2,5-6H2;3-4,7H,1-2,5-6,10H2. The zero-order chi connectivity index (χ0) is 18.4. The molecule has 4 rings (SSSR count). The van der Waals surface area contributed by atoms with Gasteiger partial charge in [-0.25, -0.2) is 9.97 Å². The summed E-state index contributed by atoms with van der Waals surface area (Å²) in [5.41, 5.74) is 6.33. The van der Waals surface area contributed by atoms with E-state index in [0.29, 0.717) is 0 Å². The number of rotatable bonds is 3. The Balaban J connectivity index is 0.000000152. The van der Waals surface area contributed by atoms with Crippen molar-refractivity contribution in [2.24, 2.45) is 0 Å².